The van der Waals surface area contributed by atoms with Crippen LogP contribution in [-0.2, 0) is 19.2 Å². The quantitative estimate of drug-likeness (QED) is 0.132. The zero-order valence-electron chi connectivity index (χ0n) is 22.3. The third-order valence-electron chi connectivity index (χ3n) is 5.92. The van der Waals surface area contributed by atoms with Crippen molar-refractivity contribution in [3.05, 3.63) is 69.5 Å². The fourth-order valence-electron chi connectivity index (χ4n) is 3.63. The molecule has 14 nitrogen and oxygen atoms in total. The maximum Gasteiger partial charge on any atom is 0.269 e. The first-order valence-electron chi connectivity index (χ1n) is 12.5. The van der Waals surface area contributed by atoms with Crippen LogP contribution in [0.25, 0.3) is 0 Å². The highest BCUT2D eigenvalue weighted by atomic mass is 32.2. The zero-order valence-corrected chi connectivity index (χ0v) is 25.6. The van der Waals surface area contributed by atoms with Crippen molar-refractivity contribution in [3.8, 4) is 11.5 Å². The van der Waals surface area contributed by atoms with Crippen LogP contribution in [0.2, 0.25) is 0 Å². The van der Waals surface area contributed by atoms with Gasteiger partial charge in [-0.15, -0.1) is 0 Å². The predicted molar refractivity (Wildman–Crippen MR) is 167 cm³/mol. The topological polar surface area (TPSA) is 197 Å². The molecule has 18 heteroatoms. The fraction of sp³-hybridized carbons (Fsp3) is 0.154. The van der Waals surface area contributed by atoms with E-state index in [-0.39, 0.29) is 67.0 Å². The second-order valence-corrected chi connectivity index (χ2v) is 12.2. The monoisotopic (exact) mass is 674 g/mol. The number of nitrogens with one attached hydrogen (secondary N) is 4. The van der Waals surface area contributed by atoms with Gasteiger partial charge in [0.1, 0.15) is 20.1 Å². The second kappa shape index (κ2) is 14.3. The third-order valence-corrected chi connectivity index (χ3v) is 8.95. The van der Waals surface area contributed by atoms with E-state index in [1.807, 2.05) is 0 Å². The summed E-state index contributed by atoms with van der Waals surface area (Å²) in [5.74, 6) is -3.63. The van der Waals surface area contributed by atoms with E-state index in [0.29, 0.717) is 0 Å². The minimum absolute atomic E-state index is 0.0192. The Bertz CT molecular complexity index is 1480. The number of hydrogen-bond donors (Lipinski definition) is 6. The van der Waals surface area contributed by atoms with Crippen molar-refractivity contribution in [1.82, 2.24) is 31.5 Å². The van der Waals surface area contributed by atoms with Crippen LogP contribution in [0.1, 0.15) is 33.6 Å². The molecule has 0 bridgehead atoms. The van der Waals surface area contributed by atoms with Gasteiger partial charge in [0.25, 0.3) is 23.6 Å². The molecule has 2 aliphatic heterocycles. The molecule has 6 N–H and O–H groups in total. The van der Waals surface area contributed by atoms with Crippen LogP contribution in [0.5, 0.6) is 11.5 Å². The number of aromatic hydroxyl groups is 2. The van der Waals surface area contributed by atoms with Crippen molar-refractivity contribution < 1.29 is 39.0 Å². The lowest BCUT2D eigenvalue weighted by Gasteiger charge is -2.15. The fourth-order valence-corrected chi connectivity index (χ4v) is 6.40. The molecule has 44 heavy (non-hydrogen) atoms. The van der Waals surface area contributed by atoms with Gasteiger partial charge < -0.3 is 10.2 Å². The van der Waals surface area contributed by atoms with Crippen molar-refractivity contribution in [2.45, 2.75) is 12.8 Å². The van der Waals surface area contributed by atoms with Crippen molar-refractivity contribution in [1.29, 1.82) is 0 Å². The van der Waals surface area contributed by atoms with Crippen molar-refractivity contribution in [2.75, 3.05) is 13.1 Å². The summed E-state index contributed by atoms with van der Waals surface area (Å²) >= 11 is 12.3. The Morgan fingerprint density at radius 2 is 0.955 bits per heavy atom. The van der Waals surface area contributed by atoms with Gasteiger partial charge in [-0.1, -0.05) is 48.0 Å². The average molecular weight is 675 g/mol. The van der Waals surface area contributed by atoms with Crippen molar-refractivity contribution in [2.24, 2.45) is 0 Å². The maximum atomic E-state index is 13.1. The number of thioether (sulfide) groups is 2. The molecule has 0 unspecified atom stereocenters. The third kappa shape index (κ3) is 7.90. The van der Waals surface area contributed by atoms with E-state index in [1.54, 1.807) is 0 Å². The summed E-state index contributed by atoms with van der Waals surface area (Å²) in [5.41, 5.74) is 9.34. The Morgan fingerprint density at radius 3 is 1.30 bits per heavy atom. The SMILES string of the molecule is O=C(CCN1C(=O)C(=C2SC(=S)N(CCC(=O)NNC(=O)c3ccc(O)cc3)C2=O)SC1=S)NNC(=O)c1ccc(O)cc1. The van der Waals surface area contributed by atoms with Gasteiger partial charge in [0, 0.05) is 37.1 Å². The van der Waals surface area contributed by atoms with Gasteiger partial charge >= 0.3 is 0 Å². The highest BCUT2D eigenvalue weighted by Crippen LogP contribution is 2.42. The Hall–Kier alpha value is -4.52. The Balaban J connectivity index is 1.26. The van der Waals surface area contributed by atoms with E-state index in [2.05, 4.69) is 21.7 Å². The van der Waals surface area contributed by atoms with Crippen molar-refractivity contribution in [3.63, 3.8) is 0 Å². The van der Waals surface area contributed by atoms with E-state index in [1.165, 1.54) is 48.5 Å². The smallest absolute Gasteiger partial charge is 0.269 e. The number of benzene rings is 2. The summed E-state index contributed by atoms with van der Waals surface area (Å²) < 4.78 is 0.250. The summed E-state index contributed by atoms with van der Waals surface area (Å²) in [6.07, 6.45) is -0.427. The van der Waals surface area contributed by atoms with Gasteiger partial charge in [0.05, 0.1) is 9.81 Å². The molecule has 6 amide bonds. The number of rotatable bonds is 8. The standard InChI is InChI=1S/C26H22N6O8S4/c33-15-5-1-13(2-6-15)21(37)29-27-17(35)9-11-31-23(39)19(43-25(31)41)20-24(40)32(26(42)44-20)12-10-18(36)28-30-22(38)14-3-7-16(34)8-4-14/h1-8,33-34H,9-12H2,(H,27,35)(H,28,36)(H,29,37)(H,30,38). The van der Waals surface area contributed by atoms with Gasteiger partial charge in [-0.3, -0.25) is 60.3 Å². The molecular weight excluding hydrogens is 653 g/mol. The molecule has 0 aliphatic carbocycles. The lowest BCUT2D eigenvalue weighted by atomic mass is 10.2. The van der Waals surface area contributed by atoms with Crippen LogP contribution in [0.15, 0.2) is 58.3 Å². The van der Waals surface area contributed by atoms with Gasteiger partial charge in [-0.05, 0) is 48.5 Å². The van der Waals surface area contributed by atoms with E-state index in [9.17, 15) is 39.0 Å². The minimum Gasteiger partial charge on any atom is -0.508 e. The number of amides is 6. The average Bonchev–Trinajstić information content (AvgIpc) is 3.44. The van der Waals surface area contributed by atoms with Crippen LogP contribution < -0.4 is 21.7 Å². The Morgan fingerprint density at radius 1 is 0.614 bits per heavy atom. The van der Waals surface area contributed by atoms with Gasteiger partial charge in [-0.25, -0.2) is 0 Å². The molecule has 2 aromatic rings. The lowest BCUT2D eigenvalue weighted by Crippen LogP contribution is -2.43. The Labute approximate surface area is 268 Å². The number of hydrogen-bond acceptors (Lipinski definition) is 12. The molecule has 2 aromatic carbocycles. The van der Waals surface area contributed by atoms with E-state index >= 15 is 0 Å². The van der Waals surface area contributed by atoms with E-state index in [4.69, 9.17) is 24.4 Å². The molecule has 4 rings (SSSR count). The molecule has 0 spiro atoms. The molecular formula is C26H22N6O8S4. The van der Waals surface area contributed by atoms with E-state index in [0.717, 1.165) is 33.3 Å². The van der Waals surface area contributed by atoms with Crippen molar-refractivity contribution >= 4 is 92.0 Å². The number of carbonyl (C=O) groups excluding carboxylic acids is 6. The molecule has 228 valence electrons. The van der Waals surface area contributed by atoms with Crippen LogP contribution in [0.4, 0.5) is 0 Å². The van der Waals surface area contributed by atoms with E-state index < -0.39 is 35.4 Å². The number of nitrogens with zero attached hydrogens (tertiary/aromatic N) is 2. The number of thiocarbonyl (C=S) groups is 2. The number of carbonyl (C=O) groups is 6. The highest BCUT2D eigenvalue weighted by Gasteiger charge is 2.42. The first kappa shape index (κ1) is 32.4. The Kier molecular flexibility index (Phi) is 10.5. The number of phenolic OH excluding ortho intramolecular Hbond substituents is 2. The summed E-state index contributed by atoms with van der Waals surface area (Å²) in [7, 11) is 0. The van der Waals surface area contributed by atoms with Gasteiger partial charge in [-0.2, -0.15) is 0 Å². The van der Waals surface area contributed by atoms with Crippen LogP contribution in [0.3, 0.4) is 0 Å². The molecule has 0 radical (unpaired) electrons. The summed E-state index contributed by atoms with van der Waals surface area (Å²) in [6, 6.07) is 10.8. The van der Waals surface area contributed by atoms with Gasteiger partial charge in [0.15, 0.2) is 0 Å². The minimum atomic E-state index is -0.609. The zero-order chi connectivity index (χ0) is 32.0. The molecule has 0 aromatic heterocycles. The number of phenols is 2. The molecule has 2 fully saturated rings. The molecule has 2 aliphatic rings. The molecule has 2 saturated heterocycles. The van der Waals surface area contributed by atoms with Gasteiger partial charge in [0.2, 0.25) is 11.8 Å². The predicted octanol–water partition coefficient (Wildman–Crippen LogP) is 1.03. The highest BCUT2D eigenvalue weighted by molar-refractivity contribution is 8.29. The van der Waals surface area contributed by atoms with Crippen LogP contribution in [0, 0.1) is 0 Å². The lowest BCUT2D eigenvalue weighted by molar-refractivity contribution is -0.126. The molecule has 0 saturated carbocycles. The summed E-state index contributed by atoms with van der Waals surface area (Å²) in [5, 5.41) is 18.6. The summed E-state index contributed by atoms with van der Waals surface area (Å²) in [6.45, 7) is -0.239. The summed E-state index contributed by atoms with van der Waals surface area (Å²) in [4.78, 5) is 77.3. The van der Waals surface area contributed by atoms with Crippen LogP contribution >= 0.6 is 48.0 Å². The first-order chi connectivity index (χ1) is 20.9. The molecule has 0 atom stereocenters. The maximum absolute atomic E-state index is 13.1. The molecule has 2 heterocycles. The first-order valence-corrected chi connectivity index (χ1v) is 15.0. The largest absolute Gasteiger partial charge is 0.508 e. The normalized spacial score (nSPS) is 16.3. The number of hydrazine groups is 2. The van der Waals surface area contributed by atoms with Crippen LogP contribution in [-0.4, -0.2) is 77.2 Å². The second-order valence-electron chi connectivity index (χ2n) is 8.91.